The second kappa shape index (κ2) is 7.68. The van der Waals surface area contributed by atoms with Crippen LogP contribution in [-0.2, 0) is 4.79 Å². The van der Waals surface area contributed by atoms with Gasteiger partial charge in [0.15, 0.2) is 0 Å². The lowest BCUT2D eigenvalue weighted by molar-refractivity contribution is -0.110. The van der Waals surface area contributed by atoms with Crippen molar-refractivity contribution < 1.29 is 9.18 Å². The first-order chi connectivity index (χ1) is 14.6. The van der Waals surface area contributed by atoms with Gasteiger partial charge < -0.3 is 16.0 Å². The van der Waals surface area contributed by atoms with Crippen LogP contribution in [0.1, 0.15) is 46.1 Å². The van der Waals surface area contributed by atoms with Crippen LogP contribution in [-0.4, -0.2) is 35.0 Å². The zero-order valence-electron chi connectivity index (χ0n) is 18.8. The van der Waals surface area contributed by atoms with Crippen LogP contribution in [0.3, 0.4) is 0 Å². The molecule has 5 nitrogen and oxygen atoms in total. The van der Waals surface area contributed by atoms with E-state index in [0.717, 1.165) is 24.2 Å². The minimum absolute atomic E-state index is 0.126. The number of rotatable bonds is 4. The minimum Gasteiger partial charge on any atom is -0.382 e. The quantitative estimate of drug-likeness (QED) is 0.586. The van der Waals surface area contributed by atoms with Crippen LogP contribution in [0.15, 0.2) is 48.7 Å². The fourth-order valence-corrected chi connectivity index (χ4v) is 4.87. The molecule has 1 fully saturated rings. The number of hydrogen-bond donors (Lipinski definition) is 3. The monoisotopic (exact) mass is 422 g/mol. The standard InChI is InChI=1S/C25H31FN4O/c1-24(2)13-18(14-25(3,4)30(24)5)28-17-11-9-16(10-12-17)27-15-19-22-20(26)7-6-8-21(22)29-23(19)31/h6-12,15,18,27-28H,13-14H2,1-5H3,(H,29,31)/b19-15-. The summed E-state index contributed by atoms with van der Waals surface area (Å²) in [6, 6.07) is 13.0. The smallest absolute Gasteiger partial charge is 0.257 e. The summed E-state index contributed by atoms with van der Waals surface area (Å²) in [5.41, 5.74) is 3.26. The Morgan fingerprint density at radius 2 is 1.65 bits per heavy atom. The summed E-state index contributed by atoms with van der Waals surface area (Å²) in [5.74, 6) is -0.717. The van der Waals surface area contributed by atoms with E-state index in [4.69, 9.17) is 0 Å². The molecule has 2 aromatic carbocycles. The molecule has 0 spiro atoms. The first kappa shape index (κ1) is 21.4. The molecular weight excluding hydrogens is 391 g/mol. The Morgan fingerprint density at radius 3 is 2.29 bits per heavy atom. The molecule has 0 atom stereocenters. The molecule has 6 heteroatoms. The van der Waals surface area contributed by atoms with Crippen LogP contribution in [0.2, 0.25) is 0 Å². The van der Waals surface area contributed by atoms with E-state index in [2.05, 4.69) is 55.6 Å². The molecule has 2 heterocycles. The lowest BCUT2D eigenvalue weighted by atomic mass is 9.77. The topological polar surface area (TPSA) is 56.4 Å². The van der Waals surface area contributed by atoms with Crippen molar-refractivity contribution in [3.05, 3.63) is 60.0 Å². The van der Waals surface area contributed by atoms with Gasteiger partial charge in [-0.15, -0.1) is 0 Å². The molecule has 4 rings (SSSR count). The van der Waals surface area contributed by atoms with Crippen LogP contribution < -0.4 is 16.0 Å². The molecule has 2 aliphatic heterocycles. The minimum atomic E-state index is -0.410. The number of carbonyl (C=O) groups excluding carboxylic acids is 1. The third kappa shape index (κ3) is 4.17. The summed E-state index contributed by atoms with van der Waals surface area (Å²) in [6.45, 7) is 9.18. The van der Waals surface area contributed by atoms with Gasteiger partial charge in [-0.3, -0.25) is 9.69 Å². The van der Waals surface area contributed by atoms with Gasteiger partial charge >= 0.3 is 0 Å². The van der Waals surface area contributed by atoms with Gasteiger partial charge in [0, 0.05) is 40.3 Å². The largest absolute Gasteiger partial charge is 0.382 e. The van der Waals surface area contributed by atoms with E-state index in [1.54, 1.807) is 18.3 Å². The van der Waals surface area contributed by atoms with E-state index < -0.39 is 5.82 Å². The number of nitrogens with one attached hydrogen (secondary N) is 3. The van der Waals surface area contributed by atoms with E-state index in [1.807, 2.05) is 24.3 Å². The molecule has 0 radical (unpaired) electrons. The van der Waals surface area contributed by atoms with Gasteiger partial charge in [0.05, 0.1) is 11.3 Å². The van der Waals surface area contributed by atoms with Crippen molar-refractivity contribution in [3.63, 3.8) is 0 Å². The van der Waals surface area contributed by atoms with E-state index in [1.165, 1.54) is 6.07 Å². The normalized spacial score (nSPS) is 21.6. The number of anilines is 3. The number of halogens is 1. The van der Waals surface area contributed by atoms with Crippen molar-refractivity contribution in [1.82, 2.24) is 4.90 Å². The van der Waals surface area contributed by atoms with E-state index in [9.17, 15) is 9.18 Å². The van der Waals surface area contributed by atoms with Gasteiger partial charge in [0.25, 0.3) is 5.91 Å². The van der Waals surface area contributed by atoms with Gasteiger partial charge in [0.1, 0.15) is 5.82 Å². The van der Waals surface area contributed by atoms with Crippen LogP contribution in [0.25, 0.3) is 5.57 Å². The number of fused-ring (bicyclic) bond motifs is 1. The maximum absolute atomic E-state index is 14.2. The van der Waals surface area contributed by atoms with E-state index >= 15 is 0 Å². The summed E-state index contributed by atoms with van der Waals surface area (Å²) in [7, 11) is 2.21. The first-order valence-corrected chi connectivity index (χ1v) is 10.7. The number of benzene rings is 2. The maximum Gasteiger partial charge on any atom is 0.257 e. The molecule has 0 bridgehead atoms. The Kier molecular flexibility index (Phi) is 5.30. The zero-order valence-corrected chi connectivity index (χ0v) is 18.8. The molecule has 0 unspecified atom stereocenters. The zero-order chi connectivity index (χ0) is 22.4. The van der Waals surface area contributed by atoms with Crippen LogP contribution in [0.5, 0.6) is 0 Å². The van der Waals surface area contributed by atoms with Crippen LogP contribution in [0, 0.1) is 5.82 Å². The highest BCUT2D eigenvalue weighted by atomic mass is 19.1. The number of hydrogen-bond acceptors (Lipinski definition) is 4. The number of carbonyl (C=O) groups is 1. The molecule has 2 aliphatic rings. The second-order valence-electron chi connectivity index (χ2n) is 9.83. The highest BCUT2D eigenvalue weighted by Gasteiger charge is 2.42. The maximum atomic E-state index is 14.2. The highest BCUT2D eigenvalue weighted by Crippen LogP contribution is 2.38. The average molecular weight is 423 g/mol. The number of piperidine rings is 1. The molecule has 2 aromatic rings. The molecule has 1 saturated heterocycles. The van der Waals surface area contributed by atoms with Crippen molar-refractivity contribution >= 4 is 28.5 Å². The SMILES string of the molecule is CN1C(C)(C)CC(Nc2ccc(N/C=C3\C(=O)Nc4cccc(F)c43)cc2)CC1(C)C. The predicted molar refractivity (Wildman–Crippen MR) is 126 cm³/mol. The van der Waals surface area contributed by atoms with Crippen LogP contribution in [0.4, 0.5) is 21.5 Å². The summed E-state index contributed by atoms with van der Waals surface area (Å²) in [6.07, 6.45) is 3.70. The molecule has 1 amide bonds. The number of amides is 1. The Hall–Kier alpha value is -2.86. The Morgan fingerprint density at radius 1 is 1.03 bits per heavy atom. The summed E-state index contributed by atoms with van der Waals surface area (Å²) in [5, 5.41) is 9.50. The van der Waals surface area contributed by atoms with Crippen molar-refractivity contribution in [2.45, 2.75) is 57.7 Å². The number of likely N-dealkylation sites (tertiary alicyclic amines) is 1. The van der Waals surface area contributed by atoms with Crippen molar-refractivity contribution in [1.29, 1.82) is 0 Å². The third-order valence-electron chi connectivity index (χ3n) is 6.72. The lowest BCUT2D eigenvalue weighted by Gasteiger charge is -2.53. The fraction of sp³-hybridized carbons (Fsp3) is 0.400. The van der Waals surface area contributed by atoms with Gasteiger partial charge in [-0.2, -0.15) is 0 Å². The average Bonchev–Trinajstić information content (AvgIpc) is 3.01. The van der Waals surface area contributed by atoms with Crippen LogP contribution >= 0.6 is 0 Å². The van der Waals surface area contributed by atoms with Gasteiger partial charge in [-0.25, -0.2) is 4.39 Å². The first-order valence-electron chi connectivity index (χ1n) is 10.7. The Balaban J connectivity index is 1.44. The second-order valence-corrected chi connectivity index (χ2v) is 9.83. The van der Waals surface area contributed by atoms with Gasteiger partial charge in [0.2, 0.25) is 0 Å². The van der Waals surface area contributed by atoms with E-state index in [0.29, 0.717) is 22.9 Å². The molecule has 0 aromatic heterocycles. The lowest BCUT2D eigenvalue weighted by Crippen LogP contribution is -2.61. The summed E-state index contributed by atoms with van der Waals surface area (Å²) >= 11 is 0. The molecule has 164 valence electrons. The predicted octanol–water partition coefficient (Wildman–Crippen LogP) is 5.29. The third-order valence-corrected chi connectivity index (χ3v) is 6.72. The Bertz CT molecular complexity index is 1010. The summed E-state index contributed by atoms with van der Waals surface area (Å²) in [4.78, 5) is 14.7. The van der Waals surface area contributed by atoms with Crippen molar-refractivity contribution in [2.75, 3.05) is 23.0 Å². The molecule has 31 heavy (non-hydrogen) atoms. The van der Waals surface area contributed by atoms with Crippen molar-refractivity contribution in [3.8, 4) is 0 Å². The highest BCUT2D eigenvalue weighted by molar-refractivity contribution is 6.31. The van der Waals surface area contributed by atoms with Crippen molar-refractivity contribution in [2.24, 2.45) is 0 Å². The fourth-order valence-electron chi connectivity index (χ4n) is 4.87. The molecule has 3 N–H and O–H groups in total. The molecule has 0 saturated carbocycles. The molecular formula is C25H31FN4O. The number of nitrogens with zero attached hydrogens (tertiary/aromatic N) is 1. The molecule has 0 aliphatic carbocycles. The van der Waals surface area contributed by atoms with Gasteiger partial charge in [-0.05, 0) is 84.0 Å². The van der Waals surface area contributed by atoms with E-state index in [-0.39, 0.29) is 17.0 Å². The van der Waals surface area contributed by atoms with Gasteiger partial charge in [-0.1, -0.05) is 6.07 Å². The summed E-state index contributed by atoms with van der Waals surface area (Å²) < 4.78 is 14.2. The Labute approximate surface area is 183 Å².